The van der Waals surface area contributed by atoms with Crippen LogP contribution in [0.5, 0.6) is 0 Å². The highest BCUT2D eigenvalue weighted by atomic mass is 32.1. The van der Waals surface area contributed by atoms with E-state index in [1.807, 2.05) is 18.4 Å². The van der Waals surface area contributed by atoms with Gasteiger partial charge in [-0.1, -0.05) is 19.9 Å². The van der Waals surface area contributed by atoms with Gasteiger partial charge in [-0.3, -0.25) is 9.89 Å². The molecule has 0 saturated carbocycles. The van der Waals surface area contributed by atoms with Crippen LogP contribution in [0.4, 0.5) is 0 Å². The first-order chi connectivity index (χ1) is 12.7. The smallest absolute Gasteiger partial charge is 0.191 e. The molecule has 1 unspecified atom stereocenters. The molecule has 7 heteroatoms. The molecule has 3 rings (SSSR count). The molecule has 3 heterocycles. The highest BCUT2D eigenvalue weighted by Crippen LogP contribution is 2.27. The van der Waals surface area contributed by atoms with E-state index in [-0.39, 0.29) is 0 Å². The molecule has 5 nitrogen and oxygen atoms in total. The molecule has 0 bridgehead atoms. The van der Waals surface area contributed by atoms with E-state index in [2.05, 4.69) is 62.3 Å². The lowest BCUT2D eigenvalue weighted by atomic mass is 10.2. The van der Waals surface area contributed by atoms with E-state index in [4.69, 9.17) is 0 Å². The molecule has 142 valence electrons. The predicted octanol–water partition coefficient (Wildman–Crippen LogP) is 3.83. The van der Waals surface area contributed by atoms with Crippen LogP contribution >= 0.6 is 22.7 Å². The van der Waals surface area contributed by atoms with Gasteiger partial charge in [0.2, 0.25) is 0 Å². The average Bonchev–Trinajstić information content (AvgIpc) is 3.40. The van der Waals surface area contributed by atoms with Gasteiger partial charge in [0.25, 0.3) is 0 Å². The van der Waals surface area contributed by atoms with Crippen LogP contribution in [0.2, 0.25) is 0 Å². The molecule has 0 aromatic carbocycles. The van der Waals surface area contributed by atoms with Gasteiger partial charge in [0.1, 0.15) is 0 Å². The molecule has 1 saturated heterocycles. The van der Waals surface area contributed by atoms with Crippen molar-refractivity contribution in [2.75, 3.05) is 26.7 Å². The van der Waals surface area contributed by atoms with Gasteiger partial charge in [0.05, 0.1) is 23.3 Å². The molecule has 0 amide bonds. The number of hydrogen-bond donors (Lipinski definition) is 2. The Bertz CT molecular complexity index is 687. The van der Waals surface area contributed by atoms with E-state index in [1.165, 1.54) is 35.8 Å². The van der Waals surface area contributed by atoms with Crippen LogP contribution < -0.4 is 10.6 Å². The highest BCUT2D eigenvalue weighted by Gasteiger charge is 2.24. The second kappa shape index (κ2) is 9.48. The van der Waals surface area contributed by atoms with Crippen molar-refractivity contribution in [2.24, 2.45) is 4.99 Å². The van der Waals surface area contributed by atoms with Crippen LogP contribution in [-0.4, -0.2) is 42.5 Å². The number of rotatable bonds is 7. The monoisotopic (exact) mass is 391 g/mol. The quantitative estimate of drug-likeness (QED) is 0.556. The van der Waals surface area contributed by atoms with Gasteiger partial charge in [0, 0.05) is 29.8 Å². The molecule has 0 radical (unpaired) electrons. The molecular formula is C19H29N5S2. The van der Waals surface area contributed by atoms with Crippen molar-refractivity contribution >= 4 is 28.6 Å². The Labute approximate surface area is 164 Å². The summed E-state index contributed by atoms with van der Waals surface area (Å²) in [5, 5.41) is 12.4. The van der Waals surface area contributed by atoms with Crippen molar-refractivity contribution in [3.63, 3.8) is 0 Å². The summed E-state index contributed by atoms with van der Waals surface area (Å²) in [4.78, 5) is 13.1. The molecule has 2 aromatic rings. The van der Waals surface area contributed by atoms with E-state index >= 15 is 0 Å². The zero-order chi connectivity index (χ0) is 18.4. The average molecular weight is 392 g/mol. The maximum Gasteiger partial charge on any atom is 0.191 e. The van der Waals surface area contributed by atoms with E-state index in [0.29, 0.717) is 18.5 Å². The molecule has 0 aliphatic carbocycles. The van der Waals surface area contributed by atoms with Crippen molar-refractivity contribution in [3.8, 4) is 0 Å². The van der Waals surface area contributed by atoms with Crippen LogP contribution in [0.3, 0.4) is 0 Å². The van der Waals surface area contributed by atoms with Crippen LogP contribution in [-0.2, 0) is 6.54 Å². The second-order valence-corrected chi connectivity index (χ2v) is 8.78. The normalized spacial score (nSPS) is 17.0. The maximum absolute atomic E-state index is 4.68. The number of guanidine groups is 1. The summed E-state index contributed by atoms with van der Waals surface area (Å²) in [6, 6.07) is 4.81. The van der Waals surface area contributed by atoms with Crippen LogP contribution in [0.25, 0.3) is 0 Å². The van der Waals surface area contributed by atoms with Crippen molar-refractivity contribution in [1.29, 1.82) is 0 Å². The Kier molecular flexibility index (Phi) is 7.05. The minimum atomic E-state index is 0.419. The third-order valence-electron chi connectivity index (χ3n) is 4.64. The predicted molar refractivity (Wildman–Crippen MR) is 112 cm³/mol. The summed E-state index contributed by atoms with van der Waals surface area (Å²) in [6.07, 6.45) is 2.60. The van der Waals surface area contributed by atoms with E-state index < -0.39 is 0 Å². The molecule has 1 fully saturated rings. The molecular weight excluding hydrogens is 362 g/mol. The van der Waals surface area contributed by atoms with Gasteiger partial charge in [-0.2, -0.15) is 0 Å². The molecule has 1 atom stereocenters. The Morgan fingerprint density at radius 2 is 2.08 bits per heavy atom. The molecule has 0 spiro atoms. The standard InChI is InChI=1S/C19H29N5S2/c1-14(2)18-23-15(13-26-18)11-21-19(20-3)22-12-16(17-7-6-10-25-17)24-8-4-5-9-24/h6-7,10,13-14,16H,4-5,8-9,11-12H2,1-3H3,(H2,20,21,22). The third-order valence-corrected chi connectivity index (χ3v) is 6.81. The first kappa shape index (κ1) is 19.3. The summed E-state index contributed by atoms with van der Waals surface area (Å²) in [6.45, 7) is 8.31. The molecule has 26 heavy (non-hydrogen) atoms. The van der Waals surface area contributed by atoms with Crippen molar-refractivity contribution < 1.29 is 0 Å². The lowest BCUT2D eigenvalue weighted by Crippen LogP contribution is -2.42. The second-order valence-electron chi connectivity index (χ2n) is 6.91. The first-order valence-corrected chi connectivity index (χ1v) is 11.1. The summed E-state index contributed by atoms with van der Waals surface area (Å²) in [7, 11) is 1.83. The van der Waals surface area contributed by atoms with Crippen molar-refractivity contribution in [1.82, 2.24) is 20.5 Å². The number of nitrogens with one attached hydrogen (secondary N) is 2. The zero-order valence-corrected chi connectivity index (χ0v) is 17.5. The minimum Gasteiger partial charge on any atom is -0.354 e. The van der Waals surface area contributed by atoms with Gasteiger partial charge < -0.3 is 10.6 Å². The lowest BCUT2D eigenvalue weighted by Gasteiger charge is -2.27. The number of aromatic nitrogens is 1. The van der Waals surface area contributed by atoms with E-state index in [1.54, 1.807) is 11.3 Å². The molecule has 2 aromatic heterocycles. The third kappa shape index (κ3) is 5.05. The van der Waals surface area contributed by atoms with Gasteiger partial charge in [-0.05, 0) is 37.4 Å². The Balaban J connectivity index is 1.54. The molecule has 1 aliphatic heterocycles. The fourth-order valence-electron chi connectivity index (χ4n) is 3.20. The fraction of sp³-hybridized carbons (Fsp3) is 0.579. The zero-order valence-electron chi connectivity index (χ0n) is 15.9. The van der Waals surface area contributed by atoms with E-state index in [0.717, 1.165) is 18.2 Å². The number of hydrogen-bond acceptors (Lipinski definition) is 5. The van der Waals surface area contributed by atoms with Gasteiger partial charge in [-0.15, -0.1) is 22.7 Å². The van der Waals surface area contributed by atoms with E-state index in [9.17, 15) is 0 Å². The number of thiazole rings is 1. The van der Waals surface area contributed by atoms with Crippen LogP contribution in [0, 0.1) is 0 Å². The van der Waals surface area contributed by atoms with Gasteiger partial charge in [-0.25, -0.2) is 4.98 Å². The van der Waals surface area contributed by atoms with Crippen LogP contribution in [0.1, 0.15) is 54.2 Å². The summed E-state index contributed by atoms with van der Waals surface area (Å²) in [5.41, 5.74) is 1.08. The summed E-state index contributed by atoms with van der Waals surface area (Å²) >= 11 is 3.58. The Hall–Kier alpha value is -1.44. The minimum absolute atomic E-state index is 0.419. The van der Waals surface area contributed by atoms with Crippen molar-refractivity contribution in [3.05, 3.63) is 38.5 Å². The summed E-state index contributed by atoms with van der Waals surface area (Å²) < 4.78 is 0. The topological polar surface area (TPSA) is 52.6 Å². The first-order valence-electron chi connectivity index (χ1n) is 9.33. The van der Waals surface area contributed by atoms with Crippen molar-refractivity contribution in [2.45, 2.75) is 45.2 Å². The molecule has 1 aliphatic rings. The number of nitrogens with zero attached hydrogens (tertiary/aromatic N) is 3. The number of thiophene rings is 1. The summed E-state index contributed by atoms with van der Waals surface area (Å²) in [5.74, 6) is 1.32. The number of likely N-dealkylation sites (tertiary alicyclic amines) is 1. The Morgan fingerprint density at radius 1 is 1.27 bits per heavy atom. The van der Waals surface area contributed by atoms with Gasteiger partial charge in [0.15, 0.2) is 5.96 Å². The lowest BCUT2D eigenvalue weighted by molar-refractivity contribution is 0.249. The number of aliphatic imine (C=N–C) groups is 1. The van der Waals surface area contributed by atoms with Crippen LogP contribution in [0.15, 0.2) is 27.9 Å². The fourth-order valence-corrected chi connectivity index (χ4v) is 4.90. The highest BCUT2D eigenvalue weighted by molar-refractivity contribution is 7.10. The van der Waals surface area contributed by atoms with Gasteiger partial charge >= 0.3 is 0 Å². The maximum atomic E-state index is 4.68. The molecule has 2 N–H and O–H groups in total. The largest absolute Gasteiger partial charge is 0.354 e. The Morgan fingerprint density at radius 3 is 2.69 bits per heavy atom. The SMILES string of the molecule is CN=C(NCc1csc(C(C)C)n1)NCC(c1cccs1)N1CCCC1.